The number of rotatable bonds is 5. The van der Waals surface area contributed by atoms with Crippen LogP contribution in [0.3, 0.4) is 0 Å². The largest absolute Gasteiger partial charge is 0.361 e. The average molecular weight is 458 g/mol. The Bertz CT molecular complexity index is 1090. The van der Waals surface area contributed by atoms with Crippen molar-refractivity contribution in [1.82, 2.24) is 9.88 Å². The molecule has 1 aliphatic rings. The lowest BCUT2D eigenvalue weighted by atomic mass is 10.1. The molecule has 1 aliphatic heterocycles. The van der Waals surface area contributed by atoms with Gasteiger partial charge in [-0.05, 0) is 60.9 Å². The Hall–Kier alpha value is -2.67. The van der Waals surface area contributed by atoms with Crippen molar-refractivity contribution in [2.24, 2.45) is 5.92 Å². The number of nitrogens with one attached hydrogen (secondary N) is 2. The summed E-state index contributed by atoms with van der Waals surface area (Å²) in [7, 11) is 0. The maximum absolute atomic E-state index is 13.5. The van der Waals surface area contributed by atoms with Gasteiger partial charge in [-0.2, -0.15) is 0 Å². The topological polar surface area (TPSA) is 65.2 Å². The molecule has 150 valence electrons. The van der Waals surface area contributed by atoms with Crippen LogP contribution in [0.5, 0.6) is 0 Å². The van der Waals surface area contributed by atoms with Crippen LogP contribution in [-0.4, -0.2) is 34.8 Å². The average Bonchev–Trinajstić information content (AvgIpc) is 3.25. The number of aromatic nitrogens is 1. The Labute approximate surface area is 176 Å². The summed E-state index contributed by atoms with van der Waals surface area (Å²) in [6.45, 7) is 2.83. The maximum Gasteiger partial charge on any atom is 0.229 e. The van der Waals surface area contributed by atoms with Crippen LogP contribution >= 0.6 is 15.9 Å². The van der Waals surface area contributed by atoms with E-state index in [0.29, 0.717) is 19.5 Å². The van der Waals surface area contributed by atoms with Crippen LogP contribution in [0.4, 0.5) is 10.1 Å². The highest BCUT2D eigenvalue weighted by molar-refractivity contribution is 9.10. The monoisotopic (exact) mass is 457 g/mol. The molecule has 3 aromatic rings. The molecule has 2 heterocycles. The number of nitrogens with zero attached hydrogens (tertiary/aromatic N) is 1. The number of anilines is 1. The maximum atomic E-state index is 13.5. The van der Waals surface area contributed by atoms with E-state index in [4.69, 9.17) is 0 Å². The summed E-state index contributed by atoms with van der Waals surface area (Å²) in [5, 5.41) is 3.77. The normalized spacial score (nSPS) is 16.6. The number of amides is 2. The van der Waals surface area contributed by atoms with Crippen LogP contribution in [0.15, 0.2) is 47.1 Å². The van der Waals surface area contributed by atoms with Crippen molar-refractivity contribution in [2.75, 3.05) is 18.4 Å². The number of hydrogen-bond acceptors (Lipinski definition) is 2. The van der Waals surface area contributed by atoms with Gasteiger partial charge in [-0.25, -0.2) is 4.39 Å². The number of likely N-dealkylation sites (tertiary alicyclic amines) is 1. The Morgan fingerprint density at radius 1 is 1.31 bits per heavy atom. The number of aromatic amines is 1. The number of H-pyrrole nitrogens is 1. The molecule has 0 bridgehead atoms. The molecule has 2 N–H and O–H groups in total. The second-order valence-corrected chi connectivity index (χ2v) is 8.36. The highest BCUT2D eigenvalue weighted by Crippen LogP contribution is 2.25. The number of halogens is 2. The molecule has 0 saturated carbocycles. The van der Waals surface area contributed by atoms with E-state index in [0.717, 1.165) is 32.2 Å². The van der Waals surface area contributed by atoms with Gasteiger partial charge in [0.1, 0.15) is 5.82 Å². The van der Waals surface area contributed by atoms with E-state index in [1.165, 1.54) is 12.1 Å². The predicted octanol–water partition coefficient (Wildman–Crippen LogP) is 4.41. The molecule has 1 fully saturated rings. The van der Waals surface area contributed by atoms with Gasteiger partial charge in [-0.3, -0.25) is 9.59 Å². The fraction of sp³-hybridized carbons (Fsp3) is 0.273. The third kappa shape index (κ3) is 4.19. The quantitative estimate of drug-likeness (QED) is 0.595. The SMILES string of the molecule is Cc1cc(Br)ccc1NC(=O)C1CC(=O)N(CCc2c[nH]c3ccc(F)cc23)C1. The summed E-state index contributed by atoms with van der Waals surface area (Å²) in [5.41, 5.74) is 3.55. The van der Waals surface area contributed by atoms with Crippen molar-refractivity contribution in [3.05, 3.63) is 64.0 Å². The van der Waals surface area contributed by atoms with Gasteiger partial charge in [-0.1, -0.05) is 15.9 Å². The highest BCUT2D eigenvalue weighted by Gasteiger charge is 2.34. The second kappa shape index (κ2) is 7.99. The van der Waals surface area contributed by atoms with Gasteiger partial charge in [0.25, 0.3) is 0 Å². The first-order chi connectivity index (χ1) is 13.9. The van der Waals surface area contributed by atoms with Crippen molar-refractivity contribution in [2.45, 2.75) is 19.8 Å². The number of aryl methyl sites for hydroxylation is 1. The summed E-state index contributed by atoms with van der Waals surface area (Å²) in [6.07, 6.45) is 2.67. The molecule has 1 unspecified atom stereocenters. The molecular weight excluding hydrogens is 437 g/mol. The van der Waals surface area contributed by atoms with E-state index >= 15 is 0 Å². The van der Waals surface area contributed by atoms with Crippen LogP contribution in [0, 0.1) is 18.7 Å². The number of fused-ring (bicyclic) bond motifs is 1. The lowest BCUT2D eigenvalue weighted by Crippen LogP contribution is -2.30. The minimum Gasteiger partial charge on any atom is -0.361 e. The molecule has 2 amide bonds. The Morgan fingerprint density at radius 3 is 2.93 bits per heavy atom. The van der Waals surface area contributed by atoms with E-state index in [-0.39, 0.29) is 30.0 Å². The van der Waals surface area contributed by atoms with Crippen molar-refractivity contribution < 1.29 is 14.0 Å². The van der Waals surface area contributed by atoms with Crippen LogP contribution in [-0.2, 0) is 16.0 Å². The molecule has 2 aromatic carbocycles. The summed E-state index contributed by atoms with van der Waals surface area (Å²) >= 11 is 3.41. The van der Waals surface area contributed by atoms with Gasteiger partial charge in [0.15, 0.2) is 0 Å². The standard InChI is InChI=1S/C22H21BrFN3O2/c1-13-8-16(23)2-4-19(13)26-22(29)15-9-21(28)27(12-15)7-6-14-11-25-20-5-3-17(24)10-18(14)20/h2-5,8,10-11,15,25H,6-7,9,12H2,1H3,(H,26,29). The first-order valence-corrected chi connectivity index (χ1v) is 10.3. The Balaban J connectivity index is 1.38. The molecule has 0 radical (unpaired) electrons. The summed E-state index contributed by atoms with van der Waals surface area (Å²) in [4.78, 5) is 29.9. The van der Waals surface area contributed by atoms with Crippen molar-refractivity contribution in [3.8, 4) is 0 Å². The van der Waals surface area contributed by atoms with E-state index in [1.54, 1.807) is 11.0 Å². The second-order valence-electron chi connectivity index (χ2n) is 7.44. The van der Waals surface area contributed by atoms with Gasteiger partial charge in [0, 0.05) is 46.8 Å². The Kier molecular flexibility index (Phi) is 5.41. The van der Waals surface area contributed by atoms with Crippen molar-refractivity contribution in [1.29, 1.82) is 0 Å². The lowest BCUT2D eigenvalue weighted by Gasteiger charge is -2.17. The fourth-order valence-corrected chi connectivity index (χ4v) is 4.25. The number of carbonyl (C=O) groups excluding carboxylic acids is 2. The van der Waals surface area contributed by atoms with Gasteiger partial charge in [-0.15, -0.1) is 0 Å². The zero-order chi connectivity index (χ0) is 20.5. The fourth-order valence-electron chi connectivity index (χ4n) is 3.78. The van der Waals surface area contributed by atoms with Gasteiger partial charge >= 0.3 is 0 Å². The highest BCUT2D eigenvalue weighted by atomic mass is 79.9. The molecule has 1 saturated heterocycles. The summed E-state index contributed by atoms with van der Waals surface area (Å²) in [5.74, 6) is -0.814. The molecule has 0 spiro atoms. The smallest absolute Gasteiger partial charge is 0.229 e. The zero-order valence-corrected chi connectivity index (χ0v) is 17.6. The van der Waals surface area contributed by atoms with E-state index in [2.05, 4.69) is 26.2 Å². The van der Waals surface area contributed by atoms with E-state index < -0.39 is 0 Å². The third-order valence-electron chi connectivity index (χ3n) is 5.41. The van der Waals surface area contributed by atoms with Gasteiger partial charge < -0.3 is 15.2 Å². The zero-order valence-electron chi connectivity index (χ0n) is 16.0. The lowest BCUT2D eigenvalue weighted by molar-refractivity contribution is -0.128. The predicted molar refractivity (Wildman–Crippen MR) is 114 cm³/mol. The van der Waals surface area contributed by atoms with Gasteiger partial charge in [0.05, 0.1) is 5.92 Å². The number of hydrogen-bond donors (Lipinski definition) is 2. The van der Waals surface area contributed by atoms with Crippen LogP contribution < -0.4 is 5.32 Å². The molecule has 1 aromatic heterocycles. The molecule has 4 rings (SSSR count). The van der Waals surface area contributed by atoms with Crippen LogP contribution in [0.25, 0.3) is 10.9 Å². The molecule has 5 nitrogen and oxygen atoms in total. The minimum absolute atomic E-state index is 0.0244. The molecule has 7 heteroatoms. The van der Waals surface area contributed by atoms with Crippen molar-refractivity contribution >= 4 is 44.3 Å². The first kappa shape index (κ1) is 19.6. The van der Waals surface area contributed by atoms with E-state index in [9.17, 15) is 14.0 Å². The Morgan fingerprint density at radius 2 is 2.14 bits per heavy atom. The van der Waals surface area contributed by atoms with Gasteiger partial charge in [0.2, 0.25) is 11.8 Å². The third-order valence-corrected chi connectivity index (χ3v) is 5.91. The molecule has 29 heavy (non-hydrogen) atoms. The van der Waals surface area contributed by atoms with E-state index in [1.807, 2.05) is 31.3 Å². The summed E-state index contributed by atoms with van der Waals surface area (Å²) in [6, 6.07) is 10.3. The minimum atomic E-state index is -0.369. The van der Waals surface area contributed by atoms with Crippen LogP contribution in [0.1, 0.15) is 17.5 Å². The number of benzene rings is 2. The first-order valence-electron chi connectivity index (χ1n) is 9.51. The molecular formula is C22H21BrFN3O2. The number of carbonyl (C=O) groups is 2. The summed E-state index contributed by atoms with van der Waals surface area (Å²) < 4.78 is 14.5. The van der Waals surface area contributed by atoms with Crippen molar-refractivity contribution in [3.63, 3.8) is 0 Å². The molecule has 0 aliphatic carbocycles. The molecule has 1 atom stereocenters. The van der Waals surface area contributed by atoms with Crippen LogP contribution in [0.2, 0.25) is 0 Å².